The van der Waals surface area contributed by atoms with Crippen LogP contribution in [0.1, 0.15) is 22.8 Å². The first kappa shape index (κ1) is 19.5. The maximum atomic E-state index is 12.4. The van der Waals surface area contributed by atoms with Crippen LogP contribution in [0, 0.1) is 13.8 Å². The average molecular weight is 371 g/mol. The molecule has 0 spiro atoms. The van der Waals surface area contributed by atoms with Gasteiger partial charge in [0.1, 0.15) is 5.75 Å². The predicted molar refractivity (Wildman–Crippen MR) is 88.8 cm³/mol. The lowest BCUT2D eigenvalue weighted by Crippen LogP contribution is -2.36. The molecule has 1 aromatic carbocycles. The van der Waals surface area contributed by atoms with Crippen LogP contribution in [0.15, 0.2) is 27.7 Å². The van der Waals surface area contributed by atoms with Crippen LogP contribution >= 0.6 is 0 Å². The van der Waals surface area contributed by atoms with Crippen LogP contribution in [0.2, 0.25) is 0 Å². The van der Waals surface area contributed by atoms with Crippen LogP contribution in [-0.2, 0) is 13.1 Å². The highest BCUT2D eigenvalue weighted by molar-refractivity contribution is 5.79. The van der Waals surface area contributed by atoms with Gasteiger partial charge in [-0.25, -0.2) is 0 Å². The van der Waals surface area contributed by atoms with Gasteiger partial charge in [0.15, 0.2) is 18.4 Å². The lowest BCUT2D eigenvalue weighted by molar-refractivity contribution is -0.153. The van der Waals surface area contributed by atoms with Crippen LogP contribution in [0.4, 0.5) is 13.2 Å². The van der Waals surface area contributed by atoms with Gasteiger partial charge < -0.3 is 19.9 Å². The zero-order valence-corrected chi connectivity index (χ0v) is 14.6. The summed E-state index contributed by atoms with van der Waals surface area (Å²) in [5.74, 6) is 1.53. The van der Waals surface area contributed by atoms with Crippen molar-refractivity contribution >= 4 is 5.96 Å². The SMILES string of the molecule is CN=C(NCc1nc(C)no1)NCc1ccc(C)cc1OCC(F)(F)F. The summed E-state index contributed by atoms with van der Waals surface area (Å²) in [5, 5.41) is 9.67. The largest absolute Gasteiger partial charge is 0.484 e. The Hall–Kier alpha value is -2.78. The molecule has 2 aromatic rings. The topological polar surface area (TPSA) is 84.6 Å². The molecule has 142 valence electrons. The van der Waals surface area contributed by atoms with Gasteiger partial charge in [-0.2, -0.15) is 18.2 Å². The van der Waals surface area contributed by atoms with Gasteiger partial charge in [-0.15, -0.1) is 0 Å². The summed E-state index contributed by atoms with van der Waals surface area (Å²) in [6.45, 7) is 2.65. The minimum Gasteiger partial charge on any atom is -0.484 e. The van der Waals surface area contributed by atoms with E-state index in [0.29, 0.717) is 23.2 Å². The third kappa shape index (κ3) is 6.26. The van der Waals surface area contributed by atoms with Crippen molar-refractivity contribution in [1.29, 1.82) is 0 Å². The van der Waals surface area contributed by atoms with E-state index < -0.39 is 12.8 Å². The number of rotatable bonds is 6. The highest BCUT2D eigenvalue weighted by Gasteiger charge is 2.28. The van der Waals surface area contributed by atoms with Crippen molar-refractivity contribution in [1.82, 2.24) is 20.8 Å². The summed E-state index contributed by atoms with van der Waals surface area (Å²) >= 11 is 0. The third-order valence-corrected chi connectivity index (χ3v) is 3.26. The predicted octanol–water partition coefficient (Wildman–Crippen LogP) is 2.49. The molecule has 0 aliphatic rings. The number of aliphatic imine (C=N–C) groups is 1. The molecule has 0 unspecified atom stereocenters. The molecule has 0 aliphatic heterocycles. The zero-order valence-electron chi connectivity index (χ0n) is 14.6. The Morgan fingerprint density at radius 3 is 2.58 bits per heavy atom. The van der Waals surface area contributed by atoms with Crippen LogP contribution in [0.5, 0.6) is 5.75 Å². The van der Waals surface area contributed by atoms with Gasteiger partial charge in [-0.05, 0) is 25.5 Å². The molecule has 1 heterocycles. The fourth-order valence-corrected chi connectivity index (χ4v) is 2.07. The van der Waals surface area contributed by atoms with Gasteiger partial charge in [0.25, 0.3) is 0 Å². The molecule has 0 aliphatic carbocycles. The maximum absolute atomic E-state index is 12.4. The summed E-state index contributed by atoms with van der Waals surface area (Å²) in [6, 6.07) is 5.08. The normalized spacial score (nSPS) is 12.2. The number of guanidine groups is 1. The minimum absolute atomic E-state index is 0.179. The molecule has 0 amide bonds. The number of alkyl halides is 3. The number of benzene rings is 1. The highest BCUT2D eigenvalue weighted by Crippen LogP contribution is 2.23. The van der Waals surface area contributed by atoms with E-state index in [-0.39, 0.29) is 18.8 Å². The van der Waals surface area contributed by atoms with Crippen molar-refractivity contribution in [2.24, 2.45) is 4.99 Å². The number of aromatic nitrogens is 2. The number of ether oxygens (including phenoxy) is 1. The van der Waals surface area contributed by atoms with Gasteiger partial charge in [-0.1, -0.05) is 17.3 Å². The van der Waals surface area contributed by atoms with Gasteiger partial charge >= 0.3 is 6.18 Å². The first-order valence-electron chi connectivity index (χ1n) is 7.79. The lowest BCUT2D eigenvalue weighted by Gasteiger charge is -2.16. The number of halogens is 3. The minimum atomic E-state index is -4.39. The van der Waals surface area contributed by atoms with Gasteiger partial charge in [-0.3, -0.25) is 4.99 Å². The van der Waals surface area contributed by atoms with Gasteiger partial charge in [0.2, 0.25) is 5.89 Å². The van der Waals surface area contributed by atoms with Crippen LogP contribution in [0.25, 0.3) is 0 Å². The molecular weight excluding hydrogens is 351 g/mol. The molecule has 26 heavy (non-hydrogen) atoms. The van der Waals surface area contributed by atoms with E-state index in [1.54, 1.807) is 39.1 Å². The van der Waals surface area contributed by atoms with Crippen molar-refractivity contribution in [2.75, 3.05) is 13.7 Å². The molecule has 0 saturated heterocycles. The average Bonchev–Trinajstić information content (AvgIpc) is 2.99. The maximum Gasteiger partial charge on any atom is 0.422 e. The highest BCUT2D eigenvalue weighted by atomic mass is 19.4. The van der Waals surface area contributed by atoms with Crippen LogP contribution in [0.3, 0.4) is 0 Å². The van der Waals surface area contributed by atoms with E-state index in [0.717, 1.165) is 5.56 Å². The summed E-state index contributed by atoms with van der Waals surface area (Å²) in [4.78, 5) is 8.10. The molecule has 10 heteroatoms. The Bertz CT molecular complexity index is 759. The van der Waals surface area contributed by atoms with Gasteiger partial charge in [0, 0.05) is 19.2 Å². The Morgan fingerprint density at radius 1 is 1.23 bits per heavy atom. The molecule has 2 rings (SSSR count). The second-order valence-corrected chi connectivity index (χ2v) is 5.53. The van der Waals surface area contributed by atoms with Crippen molar-refractivity contribution in [3.8, 4) is 5.75 Å². The standard InChI is InChI=1S/C16H20F3N5O2/c1-10-4-5-12(13(6-10)25-9-16(17,18)19)7-21-15(20-3)22-8-14-23-11(2)24-26-14/h4-6H,7-9H2,1-3H3,(H2,20,21,22). The first-order chi connectivity index (χ1) is 12.3. The molecule has 0 atom stereocenters. The van der Waals surface area contributed by atoms with Crippen LogP contribution < -0.4 is 15.4 Å². The summed E-state index contributed by atoms with van der Waals surface area (Å²) in [5.41, 5.74) is 1.39. The summed E-state index contributed by atoms with van der Waals surface area (Å²) in [6.07, 6.45) is -4.39. The molecular formula is C16H20F3N5O2. The third-order valence-electron chi connectivity index (χ3n) is 3.26. The van der Waals surface area contributed by atoms with Crippen molar-refractivity contribution < 1.29 is 22.4 Å². The van der Waals surface area contributed by atoms with E-state index in [2.05, 4.69) is 25.8 Å². The molecule has 7 nitrogen and oxygen atoms in total. The number of aryl methyl sites for hydroxylation is 2. The Morgan fingerprint density at radius 2 is 1.96 bits per heavy atom. The van der Waals surface area contributed by atoms with E-state index in [9.17, 15) is 13.2 Å². The molecule has 0 bridgehead atoms. The molecule has 0 saturated carbocycles. The second-order valence-electron chi connectivity index (χ2n) is 5.53. The van der Waals surface area contributed by atoms with E-state index in [1.807, 2.05) is 0 Å². The van der Waals surface area contributed by atoms with Crippen molar-refractivity contribution in [3.63, 3.8) is 0 Å². The van der Waals surface area contributed by atoms with Crippen molar-refractivity contribution in [2.45, 2.75) is 33.1 Å². The molecule has 0 fully saturated rings. The fourth-order valence-electron chi connectivity index (χ4n) is 2.07. The van der Waals surface area contributed by atoms with Crippen LogP contribution in [-0.4, -0.2) is 35.9 Å². The lowest BCUT2D eigenvalue weighted by atomic mass is 10.1. The molecule has 2 N–H and O–H groups in total. The van der Waals surface area contributed by atoms with E-state index >= 15 is 0 Å². The Balaban J connectivity index is 1.96. The number of nitrogens with zero attached hydrogens (tertiary/aromatic N) is 3. The van der Waals surface area contributed by atoms with E-state index in [4.69, 9.17) is 9.26 Å². The summed E-state index contributed by atoms with van der Waals surface area (Å²) < 4.78 is 47.2. The van der Waals surface area contributed by atoms with E-state index in [1.165, 1.54) is 0 Å². The Kier molecular flexibility index (Phi) is 6.42. The second kappa shape index (κ2) is 8.54. The number of hydrogen-bond acceptors (Lipinski definition) is 5. The Labute approximate surface area is 148 Å². The number of hydrogen-bond donors (Lipinski definition) is 2. The monoisotopic (exact) mass is 371 g/mol. The first-order valence-corrected chi connectivity index (χ1v) is 7.79. The molecule has 1 aromatic heterocycles. The number of nitrogens with one attached hydrogen (secondary N) is 2. The smallest absolute Gasteiger partial charge is 0.422 e. The van der Waals surface area contributed by atoms with Gasteiger partial charge in [0.05, 0.1) is 6.54 Å². The zero-order chi connectivity index (χ0) is 19.2. The fraction of sp³-hybridized carbons (Fsp3) is 0.438. The van der Waals surface area contributed by atoms with Crippen molar-refractivity contribution in [3.05, 3.63) is 41.0 Å². The summed E-state index contributed by atoms with van der Waals surface area (Å²) in [7, 11) is 1.57. The quantitative estimate of drug-likeness (QED) is 0.600. The molecule has 0 radical (unpaired) electrons.